The Labute approximate surface area is 103 Å². The highest BCUT2D eigenvalue weighted by Crippen LogP contribution is 2.08. The van der Waals surface area contributed by atoms with Gasteiger partial charge in [-0.25, -0.2) is 0 Å². The van der Waals surface area contributed by atoms with E-state index >= 15 is 0 Å². The average Bonchev–Trinajstić information content (AvgIpc) is 2.30. The Bertz CT molecular complexity index is 340. The van der Waals surface area contributed by atoms with E-state index in [2.05, 4.69) is 17.2 Å². The van der Waals surface area contributed by atoms with Crippen LogP contribution in [0.1, 0.15) is 44.8 Å². The number of nitrogens with one attached hydrogen (secondary N) is 1. The van der Waals surface area contributed by atoms with Gasteiger partial charge in [-0.05, 0) is 25.5 Å². The maximum absolute atomic E-state index is 11.7. The molecule has 0 aliphatic heterocycles. The van der Waals surface area contributed by atoms with Gasteiger partial charge in [-0.15, -0.1) is 0 Å². The summed E-state index contributed by atoms with van der Waals surface area (Å²) in [4.78, 5) is 15.9. The van der Waals surface area contributed by atoms with E-state index in [0.29, 0.717) is 6.42 Å². The zero-order valence-corrected chi connectivity index (χ0v) is 10.5. The van der Waals surface area contributed by atoms with E-state index in [1.807, 2.05) is 25.1 Å². The predicted octanol–water partition coefficient (Wildman–Crippen LogP) is 1.78. The van der Waals surface area contributed by atoms with Crippen molar-refractivity contribution in [3.63, 3.8) is 0 Å². The van der Waals surface area contributed by atoms with E-state index in [9.17, 15) is 4.79 Å². The molecule has 0 bridgehead atoms. The molecule has 0 aliphatic rings. The molecule has 1 unspecified atom stereocenters. The molecule has 0 saturated carbocycles. The summed E-state index contributed by atoms with van der Waals surface area (Å²) in [6.45, 7) is 3.99. The molecule has 1 rings (SSSR count). The average molecular weight is 235 g/mol. The van der Waals surface area contributed by atoms with Crippen LogP contribution >= 0.6 is 0 Å². The van der Waals surface area contributed by atoms with Gasteiger partial charge in [-0.3, -0.25) is 9.78 Å². The zero-order valence-electron chi connectivity index (χ0n) is 10.5. The van der Waals surface area contributed by atoms with Gasteiger partial charge in [0.2, 0.25) is 5.91 Å². The molecule has 0 saturated heterocycles. The molecule has 1 aromatic heterocycles. The van der Waals surface area contributed by atoms with Crippen LogP contribution in [-0.4, -0.2) is 16.9 Å². The summed E-state index contributed by atoms with van der Waals surface area (Å²) in [6.07, 6.45) is 3.99. The normalized spacial score (nSPS) is 14.1. The lowest BCUT2D eigenvalue weighted by molar-refractivity contribution is -0.122. The van der Waals surface area contributed by atoms with Crippen LogP contribution in [0.2, 0.25) is 0 Å². The number of pyridine rings is 1. The van der Waals surface area contributed by atoms with Crippen LogP contribution in [0.15, 0.2) is 24.4 Å². The Hall–Kier alpha value is -1.42. The molecule has 0 aromatic carbocycles. The maximum Gasteiger partial charge on any atom is 0.222 e. The van der Waals surface area contributed by atoms with Crippen molar-refractivity contribution in [2.75, 3.05) is 0 Å². The number of nitrogens with zero attached hydrogens (tertiary/aromatic N) is 1. The first kappa shape index (κ1) is 13.6. The van der Waals surface area contributed by atoms with Gasteiger partial charge in [0.1, 0.15) is 0 Å². The largest absolute Gasteiger partial charge is 0.348 e. The molecule has 1 amide bonds. The fourth-order valence-electron chi connectivity index (χ4n) is 1.72. The Morgan fingerprint density at radius 2 is 2.29 bits per heavy atom. The fourth-order valence-corrected chi connectivity index (χ4v) is 1.72. The number of amides is 1. The summed E-state index contributed by atoms with van der Waals surface area (Å²) >= 11 is 0. The van der Waals surface area contributed by atoms with Crippen molar-refractivity contribution in [3.05, 3.63) is 30.1 Å². The second-order valence-electron chi connectivity index (χ2n) is 4.30. The van der Waals surface area contributed by atoms with E-state index in [4.69, 9.17) is 5.73 Å². The van der Waals surface area contributed by atoms with Crippen LogP contribution in [0.25, 0.3) is 0 Å². The Balaban J connectivity index is 2.41. The fraction of sp³-hybridized carbons (Fsp3) is 0.538. The van der Waals surface area contributed by atoms with Gasteiger partial charge in [-0.2, -0.15) is 0 Å². The summed E-state index contributed by atoms with van der Waals surface area (Å²) in [6, 6.07) is 5.55. The lowest BCUT2D eigenvalue weighted by Crippen LogP contribution is -2.33. The number of carbonyl (C=O) groups is 1. The minimum atomic E-state index is -0.0717. The van der Waals surface area contributed by atoms with Gasteiger partial charge in [0.05, 0.1) is 11.7 Å². The quantitative estimate of drug-likeness (QED) is 0.789. The smallest absolute Gasteiger partial charge is 0.222 e. The summed E-state index contributed by atoms with van der Waals surface area (Å²) in [5, 5.41) is 2.90. The van der Waals surface area contributed by atoms with Gasteiger partial charge in [0.15, 0.2) is 0 Å². The van der Waals surface area contributed by atoms with Crippen LogP contribution < -0.4 is 11.1 Å². The topological polar surface area (TPSA) is 68.0 Å². The highest BCUT2D eigenvalue weighted by Gasteiger charge is 2.13. The van der Waals surface area contributed by atoms with Crippen molar-refractivity contribution in [2.45, 2.75) is 45.2 Å². The second kappa shape index (κ2) is 7.01. The third-order valence-corrected chi connectivity index (χ3v) is 2.62. The Morgan fingerprint density at radius 3 is 2.88 bits per heavy atom. The van der Waals surface area contributed by atoms with Gasteiger partial charge in [0.25, 0.3) is 0 Å². The molecule has 2 atom stereocenters. The molecule has 4 nitrogen and oxygen atoms in total. The molecule has 1 aromatic rings. The standard InChI is InChI=1S/C13H21N3O/c1-3-6-11(14)9-13(17)16-10(2)12-7-4-5-8-15-12/h4-5,7-8,10-11H,3,6,9,14H2,1-2H3,(H,16,17)/t10-,11?/m1/s1. The van der Waals surface area contributed by atoms with E-state index < -0.39 is 0 Å². The van der Waals surface area contributed by atoms with Crippen molar-refractivity contribution in [2.24, 2.45) is 5.73 Å². The summed E-state index contributed by atoms with van der Waals surface area (Å²) in [5.74, 6) is -0.0101. The van der Waals surface area contributed by atoms with Crippen LogP contribution in [0, 0.1) is 0 Å². The molecular weight excluding hydrogens is 214 g/mol. The number of nitrogens with two attached hydrogens (primary N) is 1. The number of aromatic nitrogens is 1. The number of hydrogen-bond acceptors (Lipinski definition) is 3. The zero-order chi connectivity index (χ0) is 12.7. The SMILES string of the molecule is CCCC(N)CC(=O)N[C@H](C)c1ccccn1. The van der Waals surface area contributed by atoms with E-state index in [-0.39, 0.29) is 18.0 Å². The van der Waals surface area contributed by atoms with Crippen LogP contribution in [-0.2, 0) is 4.79 Å². The highest BCUT2D eigenvalue weighted by molar-refractivity contribution is 5.76. The maximum atomic E-state index is 11.7. The minimum absolute atomic E-state index is 0.0101. The third kappa shape index (κ3) is 4.95. The molecule has 0 radical (unpaired) electrons. The van der Waals surface area contributed by atoms with E-state index in [0.717, 1.165) is 18.5 Å². The lowest BCUT2D eigenvalue weighted by Gasteiger charge is -2.15. The molecule has 4 heteroatoms. The monoisotopic (exact) mass is 235 g/mol. The molecule has 0 spiro atoms. The van der Waals surface area contributed by atoms with Crippen molar-refractivity contribution in [1.82, 2.24) is 10.3 Å². The van der Waals surface area contributed by atoms with Crippen LogP contribution in [0.4, 0.5) is 0 Å². The van der Waals surface area contributed by atoms with Gasteiger partial charge >= 0.3 is 0 Å². The molecule has 1 heterocycles. The van der Waals surface area contributed by atoms with Crippen molar-refractivity contribution < 1.29 is 4.79 Å². The first-order valence-corrected chi connectivity index (χ1v) is 6.09. The first-order chi connectivity index (χ1) is 8.13. The second-order valence-corrected chi connectivity index (χ2v) is 4.30. The van der Waals surface area contributed by atoms with Crippen LogP contribution in [0.3, 0.4) is 0 Å². The van der Waals surface area contributed by atoms with Crippen molar-refractivity contribution in [3.8, 4) is 0 Å². The molecule has 17 heavy (non-hydrogen) atoms. The Kier molecular flexibility index (Phi) is 5.63. The predicted molar refractivity (Wildman–Crippen MR) is 68.3 cm³/mol. The number of carbonyl (C=O) groups excluding carboxylic acids is 1. The van der Waals surface area contributed by atoms with Crippen molar-refractivity contribution in [1.29, 1.82) is 0 Å². The summed E-state index contributed by atoms with van der Waals surface area (Å²) in [7, 11) is 0. The minimum Gasteiger partial charge on any atom is -0.348 e. The summed E-state index contributed by atoms with van der Waals surface area (Å²) in [5.41, 5.74) is 6.69. The highest BCUT2D eigenvalue weighted by atomic mass is 16.1. The van der Waals surface area contributed by atoms with Gasteiger partial charge in [0, 0.05) is 18.7 Å². The molecule has 3 N–H and O–H groups in total. The number of hydrogen-bond donors (Lipinski definition) is 2. The van der Waals surface area contributed by atoms with Crippen LogP contribution in [0.5, 0.6) is 0 Å². The van der Waals surface area contributed by atoms with E-state index in [1.54, 1.807) is 6.20 Å². The van der Waals surface area contributed by atoms with E-state index in [1.165, 1.54) is 0 Å². The molecule has 0 fully saturated rings. The van der Waals surface area contributed by atoms with Gasteiger partial charge < -0.3 is 11.1 Å². The number of rotatable bonds is 6. The molecular formula is C13H21N3O. The first-order valence-electron chi connectivity index (χ1n) is 6.09. The lowest BCUT2D eigenvalue weighted by atomic mass is 10.1. The van der Waals surface area contributed by atoms with Crippen molar-refractivity contribution >= 4 is 5.91 Å². The molecule has 0 aliphatic carbocycles. The molecule has 94 valence electrons. The third-order valence-electron chi connectivity index (χ3n) is 2.62. The van der Waals surface area contributed by atoms with Gasteiger partial charge in [-0.1, -0.05) is 19.4 Å². The summed E-state index contributed by atoms with van der Waals surface area (Å²) < 4.78 is 0. The Morgan fingerprint density at radius 1 is 1.53 bits per heavy atom.